The molecule has 1 aromatic carbocycles. The first kappa shape index (κ1) is 17.6. The lowest BCUT2D eigenvalue weighted by molar-refractivity contribution is -0.366. The van der Waals surface area contributed by atoms with E-state index in [1.807, 2.05) is 0 Å². The Kier molecular flexibility index (Phi) is 4.79. The van der Waals surface area contributed by atoms with Crippen molar-refractivity contribution in [2.24, 2.45) is 0 Å². The van der Waals surface area contributed by atoms with E-state index in [0.29, 0.717) is 0 Å². The van der Waals surface area contributed by atoms with Crippen molar-refractivity contribution in [1.82, 2.24) is 0 Å². The third-order valence-electron chi connectivity index (χ3n) is 2.46. The maximum Gasteiger partial charge on any atom is 0.426 e. The van der Waals surface area contributed by atoms with E-state index in [-0.39, 0.29) is 10.7 Å². The van der Waals surface area contributed by atoms with Crippen LogP contribution >= 0.6 is 11.6 Å². The lowest BCUT2D eigenvalue weighted by atomic mass is 9.97. The Labute approximate surface area is 119 Å². The highest BCUT2D eigenvalue weighted by Gasteiger charge is 2.71. The summed E-state index contributed by atoms with van der Waals surface area (Å²) in [5.41, 5.74) is -5.22. The van der Waals surface area contributed by atoms with E-state index < -0.39 is 30.3 Å². The zero-order chi connectivity index (χ0) is 16.5. The number of nitrogens with one attached hydrogen (secondary N) is 1. The Morgan fingerprint density at radius 3 is 2.10 bits per heavy atom. The van der Waals surface area contributed by atoms with E-state index in [0.717, 1.165) is 6.07 Å². The molecule has 0 aliphatic heterocycles. The van der Waals surface area contributed by atoms with Gasteiger partial charge in [-0.3, -0.25) is 4.79 Å². The van der Waals surface area contributed by atoms with Gasteiger partial charge < -0.3 is 10.4 Å². The van der Waals surface area contributed by atoms with Crippen molar-refractivity contribution in [3.8, 4) is 0 Å². The number of benzene rings is 1. The van der Waals surface area contributed by atoms with Gasteiger partial charge in [0, 0.05) is 10.7 Å². The molecule has 0 aliphatic carbocycles. The molecule has 0 aromatic heterocycles. The van der Waals surface area contributed by atoms with E-state index in [2.05, 4.69) is 0 Å². The molecule has 0 fully saturated rings. The predicted molar refractivity (Wildman–Crippen MR) is 61.8 cm³/mol. The lowest BCUT2D eigenvalue weighted by Crippen LogP contribution is -2.58. The fraction of sp³-hybridized carbons (Fsp3) is 0.364. The second-order valence-electron chi connectivity index (χ2n) is 4.09. The van der Waals surface area contributed by atoms with Crippen LogP contribution in [0.1, 0.15) is 6.42 Å². The first-order chi connectivity index (χ1) is 9.37. The van der Waals surface area contributed by atoms with Crippen LogP contribution in [-0.2, 0) is 4.79 Å². The average molecular weight is 336 g/mol. The standard InChI is InChI=1S/C11H8ClF6NO2/c12-6-2-1-3-7(4-6)19-8(20)5-9(21,10(13,14)15)11(16,17)18/h1-4,21H,5H2,(H,19,20). The summed E-state index contributed by atoms with van der Waals surface area (Å²) in [6, 6.07) is 5.06. The van der Waals surface area contributed by atoms with Crippen LogP contribution in [0.3, 0.4) is 0 Å². The molecule has 0 spiro atoms. The molecule has 118 valence electrons. The fourth-order valence-corrected chi connectivity index (χ4v) is 1.56. The number of anilines is 1. The van der Waals surface area contributed by atoms with Gasteiger partial charge in [0.05, 0.1) is 6.42 Å². The van der Waals surface area contributed by atoms with Crippen molar-refractivity contribution in [3.05, 3.63) is 29.3 Å². The van der Waals surface area contributed by atoms with Gasteiger partial charge in [0.15, 0.2) is 0 Å². The van der Waals surface area contributed by atoms with Gasteiger partial charge in [0.1, 0.15) is 0 Å². The number of amides is 1. The molecular formula is C11H8ClF6NO2. The molecule has 10 heteroatoms. The minimum absolute atomic E-state index is 0.0980. The Morgan fingerprint density at radius 1 is 1.14 bits per heavy atom. The molecule has 0 aliphatic rings. The molecule has 1 rings (SSSR count). The number of hydrogen-bond acceptors (Lipinski definition) is 2. The van der Waals surface area contributed by atoms with Gasteiger partial charge in [-0.2, -0.15) is 26.3 Å². The first-order valence-corrected chi connectivity index (χ1v) is 5.66. The van der Waals surface area contributed by atoms with Gasteiger partial charge in [-0.05, 0) is 18.2 Å². The predicted octanol–water partition coefficient (Wildman–Crippen LogP) is 3.52. The molecular weight excluding hydrogens is 328 g/mol. The average Bonchev–Trinajstić information content (AvgIpc) is 2.25. The van der Waals surface area contributed by atoms with Gasteiger partial charge in [0.2, 0.25) is 5.91 Å². The normalized spacial score (nSPS) is 13.1. The van der Waals surface area contributed by atoms with Crippen LogP contribution in [0.25, 0.3) is 0 Å². The monoisotopic (exact) mass is 335 g/mol. The van der Waals surface area contributed by atoms with Crippen LogP contribution in [0.5, 0.6) is 0 Å². The minimum Gasteiger partial charge on any atom is -0.373 e. The molecule has 21 heavy (non-hydrogen) atoms. The number of aliphatic hydroxyl groups is 1. The summed E-state index contributed by atoms with van der Waals surface area (Å²) in [6.07, 6.45) is -14.3. The maximum absolute atomic E-state index is 12.4. The second-order valence-corrected chi connectivity index (χ2v) is 4.53. The summed E-state index contributed by atoms with van der Waals surface area (Å²) >= 11 is 5.55. The largest absolute Gasteiger partial charge is 0.426 e. The first-order valence-electron chi connectivity index (χ1n) is 5.28. The van der Waals surface area contributed by atoms with Gasteiger partial charge in [-0.15, -0.1) is 0 Å². The van der Waals surface area contributed by atoms with Crippen LogP contribution < -0.4 is 5.32 Å². The van der Waals surface area contributed by atoms with Crippen molar-refractivity contribution in [2.45, 2.75) is 24.4 Å². The van der Waals surface area contributed by atoms with Crippen LogP contribution in [0.15, 0.2) is 24.3 Å². The Hall–Kier alpha value is -1.48. The number of carbonyl (C=O) groups is 1. The maximum atomic E-state index is 12.4. The molecule has 0 atom stereocenters. The summed E-state index contributed by atoms with van der Waals surface area (Å²) < 4.78 is 74.4. The van der Waals surface area contributed by atoms with Crippen LogP contribution in [0, 0.1) is 0 Å². The Morgan fingerprint density at radius 2 is 1.67 bits per heavy atom. The van der Waals surface area contributed by atoms with Crippen molar-refractivity contribution < 1.29 is 36.2 Å². The van der Waals surface area contributed by atoms with E-state index in [1.54, 1.807) is 5.32 Å². The molecule has 2 N–H and O–H groups in total. The molecule has 1 aromatic rings. The summed E-state index contributed by atoms with van der Waals surface area (Å²) in [7, 11) is 0. The number of carbonyl (C=O) groups excluding carboxylic acids is 1. The molecule has 0 saturated carbocycles. The van der Waals surface area contributed by atoms with Crippen molar-refractivity contribution >= 4 is 23.2 Å². The van der Waals surface area contributed by atoms with E-state index in [4.69, 9.17) is 16.7 Å². The molecule has 0 saturated heterocycles. The molecule has 1 amide bonds. The number of alkyl halides is 6. The van der Waals surface area contributed by atoms with Gasteiger partial charge >= 0.3 is 12.4 Å². The van der Waals surface area contributed by atoms with Gasteiger partial charge in [0.25, 0.3) is 5.60 Å². The van der Waals surface area contributed by atoms with Crippen LogP contribution in [0.2, 0.25) is 5.02 Å². The SMILES string of the molecule is O=C(CC(O)(C(F)(F)F)C(F)(F)F)Nc1cccc(Cl)c1. The Balaban J connectivity index is 2.93. The van der Waals surface area contributed by atoms with Crippen LogP contribution in [0.4, 0.5) is 32.0 Å². The quantitative estimate of drug-likeness (QED) is 0.830. The van der Waals surface area contributed by atoms with Gasteiger partial charge in [-0.25, -0.2) is 0 Å². The zero-order valence-corrected chi connectivity index (χ0v) is 10.8. The highest BCUT2D eigenvalue weighted by molar-refractivity contribution is 6.30. The van der Waals surface area contributed by atoms with Gasteiger partial charge in [-0.1, -0.05) is 17.7 Å². The summed E-state index contributed by atoms with van der Waals surface area (Å²) in [4.78, 5) is 11.3. The fourth-order valence-electron chi connectivity index (χ4n) is 1.36. The van der Waals surface area contributed by atoms with E-state index in [1.165, 1.54) is 18.2 Å². The number of rotatable bonds is 3. The van der Waals surface area contributed by atoms with E-state index in [9.17, 15) is 31.1 Å². The van der Waals surface area contributed by atoms with Crippen molar-refractivity contribution in [2.75, 3.05) is 5.32 Å². The zero-order valence-electron chi connectivity index (χ0n) is 10.0. The summed E-state index contributed by atoms with van der Waals surface area (Å²) in [6.45, 7) is 0. The summed E-state index contributed by atoms with van der Waals surface area (Å²) in [5, 5.41) is 10.8. The summed E-state index contributed by atoms with van der Waals surface area (Å²) in [5.74, 6) is -1.66. The van der Waals surface area contributed by atoms with Crippen molar-refractivity contribution in [1.29, 1.82) is 0 Å². The highest BCUT2D eigenvalue weighted by Crippen LogP contribution is 2.45. The number of halogens is 7. The molecule has 0 unspecified atom stereocenters. The minimum atomic E-state index is -6.04. The van der Waals surface area contributed by atoms with Crippen LogP contribution in [-0.4, -0.2) is 29.0 Å². The van der Waals surface area contributed by atoms with E-state index >= 15 is 0 Å². The lowest BCUT2D eigenvalue weighted by Gasteiger charge is -2.31. The Bertz CT molecular complexity index is 514. The van der Waals surface area contributed by atoms with Crippen molar-refractivity contribution in [3.63, 3.8) is 0 Å². The third-order valence-corrected chi connectivity index (χ3v) is 2.70. The number of hydrogen-bond donors (Lipinski definition) is 2. The third kappa shape index (κ3) is 4.01. The smallest absolute Gasteiger partial charge is 0.373 e. The molecule has 0 radical (unpaired) electrons. The highest BCUT2D eigenvalue weighted by atomic mass is 35.5. The second kappa shape index (κ2) is 5.72. The topological polar surface area (TPSA) is 49.3 Å². The molecule has 3 nitrogen and oxygen atoms in total. The molecule has 0 heterocycles. The molecule has 0 bridgehead atoms.